The fraction of sp³-hybridized carbons (Fsp3) is 1.00. The summed E-state index contributed by atoms with van der Waals surface area (Å²) in [6.07, 6.45) is 1.28. The van der Waals surface area contributed by atoms with E-state index >= 15 is 0 Å². The number of piperazine rings is 1. The Morgan fingerprint density at radius 2 is 1.83 bits per heavy atom. The zero-order valence-corrected chi connectivity index (χ0v) is 12.2. The molecule has 0 bridgehead atoms. The van der Waals surface area contributed by atoms with Crippen LogP contribution in [-0.2, 0) is 14.8 Å². The SMILES string of the molecule is CCOCCNCCN1CCN(S(C)(=O)=O)CC1. The summed E-state index contributed by atoms with van der Waals surface area (Å²) >= 11 is 0. The maximum Gasteiger partial charge on any atom is 0.211 e. The second-order valence-corrected chi connectivity index (χ2v) is 6.43. The van der Waals surface area contributed by atoms with Crippen molar-refractivity contribution in [1.29, 1.82) is 0 Å². The third-order valence-electron chi connectivity index (χ3n) is 3.03. The van der Waals surface area contributed by atoms with Gasteiger partial charge in [0.1, 0.15) is 0 Å². The molecule has 0 atom stereocenters. The molecule has 0 aromatic rings. The van der Waals surface area contributed by atoms with Gasteiger partial charge in [-0.3, -0.25) is 4.90 Å². The average molecular weight is 279 g/mol. The van der Waals surface area contributed by atoms with E-state index in [2.05, 4.69) is 10.2 Å². The highest BCUT2D eigenvalue weighted by Gasteiger charge is 2.22. The fourth-order valence-corrected chi connectivity index (χ4v) is 2.76. The van der Waals surface area contributed by atoms with E-state index in [0.29, 0.717) is 13.1 Å². The molecule has 1 aliphatic rings. The van der Waals surface area contributed by atoms with Crippen LogP contribution in [0, 0.1) is 0 Å². The molecule has 0 radical (unpaired) electrons. The molecule has 1 heterocycles. The smallest absolute Gasteiger partial charge is 0.211 e. The van der Waals surface area contributed by atoms with E-state index in [4.69, 9.17) is 4.74 Å². The zero-order valence-electron chi connectivity index (χ0n) is 11.4. The molecular formula is C11H25N3O3S. The second kappa shape index (κ2) is 8.06. The lowest BCUT2D eigenvalue weighted by Gasteiger charge is -2.33. The summed E-state index contributed by atoms with van der Waals surface area (Å²) in [5, 5.41) is 3.31. The molecule has 1 aliphatic heterocycles. The van der Waals surface area contributed by atoms with Crippen LogP contribution in [0.1, 0.15) is 6.92 Å². The minimum absolute atomic E-state index is 0.609. The highest BCUT2D eigenvalue weighted by Crippen LogP contribution is 2.04. The summed E-state index contributed by atoms with van der Waals surface area (Å²) in [6.45, 7) is 9.11. The third-order valence-corrected chi connectivity index (χ3v) is 4.34. The fourth-order valence-electron chi connectivity index (χ4n) is 1.94. The van der Waals surface area contributed by atoms with Crippen molar-refractivity contribution >= 4 is 10.0 Å². The van der Waals surface area contributed by atoms with Crippen LogP contribution in [0.3, 0.4) is 0 Å². The molecule has 0 aromatic heterocycles. The molecule has 1 N–H and O–H groups in total. The molecule has 0 aliphatic carbocycles. The largest absolute Gasteiger partial charge is 0.380 e. The first kappa shape index (κ1) is 15.8. The zero-order chi connectivity index (χ0) is 13.4. The Labute approximate surface area is 110 Å². The molecule has 1 saturated heterocycles. The number of sulfonamides is 1. The van der Waals surface area contributed by atoms with Gasteiger partial charge in [-0.25, -0.2) is 8.42 Å². The van der Waals surface area contributed by atoms with Crippen molar-refractivity contribution in [2.45, 2.75) is 6.92 Å². The van der Waals surface area contributed by atoms with Gasteiger partial charge in [-0.05, 0) is 6.92 Å². The van der Waals surface area contributed by atoms with Gasteiger partial charge in [0.25, 0.3) is 0 Å². The number of ether oxygens (including phenoxy) is 1. The Hall–Kier alpha value is -0.210. The lowest BCUT2D eigenvalue weighted by atomic mass is 10.3. The Morgan fingerprint density at radius 3 is 2.39 bits per heavy atom. The van der Waals surface area contributed by atoms with Crippen molar-refractivity contribution in [3.8, 4) is 0 Å². The van der Waals surface area contributed by atoms with Crippen LogP contribution in [0.2, 0.25) is 0 Å². The van der Waals surface area contributed by atoms with Crippen LogP contribution in [0.15, 0.2) is 0 Å². The Kier molecular flexibility index (Phi) is 7.10. The summed E-state index contributed by atoms with van der Waals surface area (Å²) in [5.41, 5.74) is 0. The summed E-state index contributed by atoms with van der Waals surface area (Å²) in [4.78, 5) is 2.29. The average Bonchev–Trinajstić information content (AvgIpc) is 2.33. The highest BCUT2D eigenvalue weighted by atomic mass is 32.2. The lowest BCUT2D eigenvalue weighted by Crippen LogP contribution is -2.49. The summed E-state index contributed by atoms with van der Waals surface area (Å²) in [6, 6.07) is 0. The van der Waals surface area contributed by atoms with Gasteiger partial charge in [0.05, 0.1) is 12.9 Å². The predicted octanol–water partition coefficient (Wildman–Crippen LogP) is -0.810. The van der Waals surface area contributed by atoms with E-state index in [1.54, 1.807) is 4.31 Å². The van der Waals surface area contributed by atoms with Crippen molar-refractivity contribution in [3.05, 3.63) is 0 Å². The van der Waals surface area contributed by atoms with Crippen molar-refractivity contribution in [2.24, 2.45) is 0 Å². The number of nitrogens with zero attached hydrogens (tertiary/aromatic N) is 2. The number of rotatable bonds is 8. The second-order valence-electron chi connectivity index (χ2n) is 4.45. The van der Waals surface area contributed by atoms with E-state index < -0.39 is 10.0 Å². The van der Waals surface area contributed by atoms with Crippen LogP contribution >= 0.6 is 0 Å². The number of hydrogen-bond acceptors (Lipinski definition) is 5. The molecule has 0 spiro atoms. The molecule has 7 heteroatoms. The van der Waals surface area contributed by atoms with E-state index in [1.807, 2.05) is 6.92 Å². The van der Waals surface area contributed by atoms with E-state index in [0.717, 1.165) is 45.9 Å². The third kappa shape index (κ3) is 6.10. The van der Waals surface area contributed by atoms with Crippen molar-refractivity contribution in [1.82, 2.24) is 14.5 Å². The Balaban J connectivity index is 2.06. The first-order valence-electron chi connectivity index (χ1n) is 6.50. The molecule has 0 unspecified atom stereocenters. The maximum absolute atomic E-state index is 11.3. The Bertz CT molecular complexity index is 313. The van der Waals surface area contributed by atoms with Gasteiger partial charge < -0.3 is 10.1 Å². The minimum atomic E-state index is -3.01. The van der Waals surface area contributed by atoms with Gasteiger partial charge in [-0.2, -0.15) is 4.31 Å². The van der Waals surface area contributed by atoms with E-state index in [9.17, 15) is 8.42 Å². The predicted molar refractivity (Wildman–Crippen MR) is 72.2 cm³/mol. The topological polar surface area (TPSA) is 61.9 Å². The number of nitrogens with one attached hydrogen (secondary N) is 1. The maximum atomic E-state index is 11.3. The molecule has 18 heavy (non-hydrogen) atoms. The summed E-state index contributed by atoms with van der Waals surface area (Å²) in [5.74, 6) is 0. The normalized spacial score (nSPS) is 19.2. The van der Waals surface area contributed by atoms with E-state index in [1.165, 1.54) is 6.26 Å². The molecule has 6 nitrogen and oxygen atoms in total. The molecule has 1 fully saturated rings. The van der Waals surface area contributed by atoms with Gasteiger partial charge in [0.15, 0.2) is 0 Å². The van der Waals surface area contributed by atoms with Crippen LogP contribution in [0.25, 0.3) is 0 Å². The van der Waals surface area contributed by atoms with Crippen molar-refractivity contribution < 1.29 is 13.2 Å². The van der Waals surface area contributed by atoms with E-state index in [-0.39, 0.29) is 0 Å². The lowest BCUT2D eigenvalue weighted by molar-refractivity contribution is 0.146. The van der Waals surface area contributed by atoms with Gasteiger partial charge in [0.2, 0.25) is 10.0 Å². The first-order chi connectivity index (χ1) is 8.54. The molecule has 108 valence electrons. The van der Waals surface area contributed by atoms with Gasteiger partial charge in [0, 0.05) is 52.4 Å². The van der Waals surface area contributed by atoms with Crippen LogP contribution in [0.4, 0.5) is 0 Å². The Morgan fingerprint density at radius 1 is 1.17 bits per heavy atom. The first-order valence-corrected chi connectivity index (χ1v) is 8.35. The summed E-state index contributed by atoms with van der Waals surface area (Å²) < 4.78 is 29.4. The minimum Gasteiger partial charge on any atom is -0.380 e. The van der Waals surface area contributed by atoms with Crippen molar-refractivity contribution in [3.63, 3.8) is 0 Å². The molecule has 0 aromatic carbocycles. The quantitative estimate of drug-likeness (QED) is 0.589. The summed E-state index contributed by atoms with van der Waals surface area (Å²) in [7, 11) is -3.01. The number of hydrogen-bond donors (Lipinski definition) is 1. The van der Waals surface area contributed by atoms with Gasteiger partial charge in [-0.1, -0.05) is 0 Å². The standard InChI is InChI=1S/C11H25N3O3S/c1-3-17-11-5-12-4-6-13-7-9-14(10-8-13)18(2,15)16/h12H,3-11H2,1-2H3. The molecular weight excluding hydrogens is 254 g/mol. The molecule has 0 amide bonds. The van der Waals surface area contributed by atoms with Gasteiger partial charge >= 0.3 is 0 Å². The highest BCUT2D eigenvalue weighted by molar-refractivity contribution is 7.88. The van der Waals surface area contributed by atoms with Crippen LogP contribution in [0.5, 0.6) is 0 Å². The molecule has 1 rings (SSSR count). The monoisotopic (exact) mass is 279 g/mol. The van der Waals surface area contributed by atoms with Crippen LogP contribution < -0.4 is 5.32 Å². The molecule has 0 saturated carbocycles. The van der Waals surface area contributed by atoms with Crippen molar-refractivity contribution in [2.75, 3.05) is 65.3 Å². The van der Waals surface area contributed by atoms with Crippen LogP contribution in [-0.4, -0.2) is 82.9 Å². The van der Waals surface area contributed by atoms with Gasteiger partial charge in [-0.15, -0.1) is 0 Å².